The van der Waals surface area contributed by atoms with Crippen LogP contribution in [0.25, 0.3) is 0 Å². The molecule has 3 rings (SSSR count). The molecule has 108 valence electrons. The molecule has 0 aromatic heterocycles. The van der Waals surface area contributed by atoms with E-state index < -0.39 is 0 Å². The van der Waals surface area contributed by atoms with Crippen molar-refractivity contribution in [2.45, 2.75) is 81.8 Å². The topological polar surface area (TPSA) is 17.1 Å². The third-order valence-electron chi connectivity index (χ3n) is 5.67. The van der Waals surface area contributed by atoms with E-state index in [0.29, 0.717) is 16.8 Å². The van der Waals surface area contributed by atoms with Crippen molar-refractivity contribution in [1.82, 2.24) is 0 Å². The Morgan fingerprint density at radius 3 is 2.00 bits per heavy atom. The van der Waals surface area contributed by atoms with Crippen molar-refractivity contribution in [2.75, 3.05) is 11.5 Å². The maximum Gasteiger partial charge on any atom is 0.190 e. The van der Waals surface area contributed by atoms with Crippen LogP contribution in [0.3, 0.4) is 0 Å². The molecule has 0 N–H and O–H groups in total. The molecule has 3 fully saturated rings. The van der Waals surface area contributed by atoms with E-state index in [0.717, 1.165) is 5.78 Å². The van der Waals surface area contributed by atoms with Crippen molar-refractivity contribution in [3.8, 4) is 0 Å². The van der Waals surface area contributed by atoms with Crippen LogP contribution in [0.4, 0.5) is 0 Å². The first-order valence-electron chi connectivity index (χ1n) is 8.55. The molecular weight excluding hydrogens is 252 g/mol. The van der Waals surface area contributed by atoms with E-state index in [-0.39, 0.29) is 4.75 Å². The summed E-state index contributed by atoms with van der Waals surface area (Å²) < 4.78 is 0.163. The van der Waals surface area contributed by atoms with Gasteiger partial charge < -0.3 is 0 Å². The molecule has 0 amide bonds. The lowest BCUT2D eigenvalue weighted by Gasteiger charge is -2.37. The van der Waals surface area contributed by atoms with Crippen molar-refractivity contribution in [2.24, 2.45) is 5.92 Å². The standard InChI is InChI=1S/C17H29OS/c18-16(15-9-3-1-4-10-15)17(11-5-2-6-12-17)19-13-7-8-14-19/h15H,1-14H2/q+1. The molecule has 2 aliphatic carbocycles. The number of Topliss-reactive ketones (excluding diaryl/α,β-unsaturated/α-hetero) is 1. The van der Waals surface area contributed by atoms with E-state index in [1.165, 1.54) is 88.6 Å². The van der Waals surface area contributed by atoms with E-state index in [4.69, 9.17) is 0 Å². The summed E-state index contributed by atoms with van der Waals surface area (Å²) in [5.41, 5.74) is 0. The largest absolute Gasteiger partial charge is 0.293 e. The molecule has 3 aliphatic rings. The Morgan fingerprint density at radius 1 is 0.789 bits per heavy atom. The Kier molecular flexibility index (Phi) is 4.56. The lowest BCUT2D eigenvalue weighted by molar-refractivity contribution is -0.127. The van der Waals surface area contributed by atoms with Crippen LogP contribution in [0.5, 0.6) is 0 Å². The van der Waals surface area contributed by atoms with Crippen molar-refractivity contribution in [3.63, 3.8) is 0 Å². The van der Waals surface area contributed by atoms with Crippen molar-refractivity contribution in [1.29, 1.82) is 0 Å². The number of ketones is 1. The summed E-state index contributed by atoms with van der Waals surface area (Å²) in [5.74, 6) is 3.92. The second kappa shape index (κ2) is 6.20. The van der Waals surface area contributed by atoms with Gasteiger partial charge in [0.15, 0.2) is 10.5 Å². The van der Waals surface area contributed by atoms with Crippen LogP contribution in [-0.2, 0) is 15.7 Å². The van der Waals surface area contributed by atoms with Crippen molar-refractivity contribution >= 4 is 16.7 Å². The zero-order valence-corrected chi connectivity index (χ0v) is 13.1. The molecule has 0 unspecified atom stereocenters. The summed E-state index contributed by atoms with van der Waals surface area (Å²) in [6, 6.07) is 0. The SMILES string of the molecule is O=C(C1CCCCC1)C1([S+]2CCCC2)CCCCC1. The van der Waals surface area contributed by atoms with Gasteiger partial charge in [-0.2, -0.15) is 0 Å². The third-order valence-corrected chi connectivity index (χ3v) is 8.95. The van der Waals surface area contributed by atoms with Gasteiger partial charge in [-0.05, 0) is 38.5 Å². The second-order valence-electron chi connectivity index (χ2n) is 6.86. The highest BCUT2D eigenvalue weighted by molar-refractivity contribution is 7.99. The molecule has 0 aromatic carbocycles. The van der Waals surface area contributed by atoms with Crippen LogP contribution in [0.15, 0.2) is 0 Å². The van der Waals surface area contributed by atoms with E-state index >= 15 is 0 Å². The van der Waals surface area contributed by atoms with Crippen LogP contribution in [0.2, 0.25) is 0 Å². The molecule has 2 saturated carbocycles. The fraction of sp³-hybridized carbons (Fsp3) is 0.941. The molecule has 0 bridgehead atoms. The van der Waals surface area contributed by atoms with Crippen LogP contribution >= 0.6 is 0 Å². The molecule has 0 aromatic rings. The second-order valence-corrected chi connectivity index (χ2v) is 9.45. The van der Waals surface area contributed by atoms with Crippen LogP contribution in [0.1, 0.15) is 77.0 Å². The molecule has 1 nitrogen and oxygen atoms in total. The average molecular weight is 281 g/mol. The third kappa shape index (κ3) is 2.75. The summed E-state index contributed by atoms with van der Waals surface area (Å²) in [6.45, 7) is 0. The van der Waals surface area contributed by atoms with Gasteiger partial charge in [0.05, 0.1) is 0 Å². The fourth-order valence-electron chi connectivity index (χ4n) is 4.58. The van der Waals surface area contributed by atoms with Crippen LogP contribution in [-0.4, -0.2) is 22.0 Å². The quantitative estimate of drug-likeness (QED) is 0.707. The van der Waals surface area contributed by atoms with Gasteiger partial charge in [0.1, 0.15) is 11.5 Å². The van der Waals surface area contributed by atoms with Gasteiger partial charge in [0, 0.05) is 29.7 Å². The minimum absolute atomic E-state index is 0.163. The van der Waals surface area contributed by atoms with Gasteiger partial charge in [-0.1, -0.05) is 25.7 Å². The van der Waals surface area contributed by atoms with Crippen molar-refractivity contribution < 1.29 is 4.79 Å². The predicted octanol–water partition coefficient (Wildman–Crippen LogP) is 4.25. The van der Waals surface area contributed by atoms with Crippen LogP contribution in [0, 0.1) is 5.92 Å². The maximum atomic E-state index is 13.3. The normalized spacial score (nSPS) is 29.5. The fourth-order valence-corrected chi connectivity index (χ4v) is 7.99. The molecule has 1 saturated heterocycles. The predicted molar refractivity (Wildman–Crippen MR) is 83.7 cm³/mol. The molecule has 1 aliphatic heterocycles. The zero-order valence-electron chi connectivity index (χ0n) is 12.3. The Balaban J connectivity index is 1.78. The van der Waals surface area contributed by atoms with E-state index in [9.17, 15) is 4.79 Å². The zero-order chi connectivity index (χ0) is 13.1. The summed E-state index contributed by atoms with van der Waals surface area (Å²) in [6.07, 6.45) is 15.7. The first-order chi connectivity index (χ1) is 9.33. The molecule has 0 radical (unpaired) electrons. The monoisotopic (exact) mass is 281 g/mol. The number of carbonyl (C=O) groups is 1. The minimum atomic E-state index is 0.163. The summed E-state index contributed by atoms with van der Waals surface area (Å²) >= 11 is 0. The van der Waals surface area contributed by atoms with Crippen molar-refractivity contribution in [3.05, 3.63) is 0 Å². The number of hydrogen-bond donors (Lipinski definition) is 0. The van der Waals surface area contributed by atoms with Gasteiger partial charge in [0.2, 0.25) is 0 Å². The maximum absolute atomic E-state index is 13.3. The van der Waals surface area contributed by atoms with Gasteiger partial charge >= 0.3 is 0 Å². The lowest BCUT2D eigenvalue weighted by atomic mass is 9.76. The lowest BCUT2D eigenvalue weighted by Crippen LogP contribution is -2.51. The summed E-state index contributed by atoms with van der Waals surface area (Å²) in [4.78, 5) is 13.3. The molecule has 2 heteroatoms. The van der Waals surface area contributed by atoms with E-state index in [2.05, 4.69) is 0 Å². The van der Waals surface area contributed by atoms with Crippen LogP contribution < -0.4 is 0 Å². The number of rotatable bonds is 3. The van der Waals surface area contributed by atoms with Gasteiger partial charge in [-0.15, -0.1) is 0 Å². The Bertz CT molecular complexity index is 307. The molecule has 1 heterocycles. The van der Waals surface area contributed by atoms with Gasteiger partial charge in [-0.3, -0.25) is 4.79 Å². The van der Waals surface area contributed by atoms with E-state index in [1.54, 1.807) is 0 Å². The highest BCUT2D eigenvalue weighted by Crippen LogP contribution is 2.44. The molecular formula is C17H29OS+. The molecule has 0 spiro atoms. The van der Waals surface area contributed by atoms with Gasteiger partial charge in [-0.25, -0.2) is 0 Å². The molecule has 0 atom stereocenters. The van der Waals surface area contributed by atoms with Gasteiger partial charge in [0.25, 0.3) is 0 Å². The Morgan fingerprint density at radius 2 is 1.37 bits per heavy atom. The smallest absolute Gasteiger partial charge is 0.190 e. The highest BCUT2D eigenvalue weighted by Gasteiger charge is 2.55. The number of hydrogen-bond acceptors (Lipinski definition) is 1. The summed E-state index contributed by atoms with van der Waals surface area (Å²) in [7, 11) is 0.446. The summed E-state index contributed by atoms with van der Waals surface area (Å²) in [5, 5.41) is 0. The minimum Gasteiger partial charge on any atom is -0.293 e. The first-order valence-corrected chi connectivity index (χ1v) is 10.1. The Hall–Kier alpha value is 0.0200. The Labute approximate surface area is 121 Å². The van der Waals surface area contributed by atoms with E-state index in [1.807, 2.05) is 0 Å². The highest BCUT2D eigenvalue weighted by atomic mass is 32.2. The molecule has 19 heavy (non-hydrogen) atoms. The average Bonchev–Trinajstić information content (AvgIpc) is 3.03. The number of carbonyl (C=O) groups excluding carboxylic acids is 1. The first kappa shape index (κ1) is 14.0.